The molecule has 3 aromatic carbocycles. The summed E-state index contributed by atoms with van der Waals surface area (Å²) in [5, 5.41) is 23.2. The summed E-state index contributed by atoms with van der Waals surface area (Å²) in [7, 11) is 1.49. The number of anilines is 1. The average molecular weight is 484 g/mol. The van der Waals surface area contributed by atoms with Crippen LogP contribution in [0, 0.1) is 28.4 Å². The maximum atomic E-state index is 12.7. The molecule has 0 fully saturated rings. The number of non-ortho nitro benzene ring substituents is 1. The van der Waals surface area contributed by atoms with E-state index in [0.717, 1.165) is 16.7 Å². The van der Waals surface area contributed by atoms with Gasteiger partial charge in [-0.05, 0) is 66.9 Å². The Labute approximate surface area is 209 Å². The third-order valence-electron chi connectivity index (χ3n) is 5.25. The van der Waals surface area contributed by atoms with E-state index in [4.69, 9.17) is 9.47 Å². The van der Waals surface area contributed by atoms with Crippen molar-refractivity contribution in [3.63, 3.8) is 0 Å². The molecule has 0 spiro atoms. The monoisotopic (exact) mass is 483 g/mol. The molecule has 3 rings (SSSR count). The molecule has 0 heterocycles. The molecule has 8 heteroatoms. The first kappa shape index (κ1) is 25.7. The molecule has 1 N–H and O–H groups in total. The molecule has 0 aromatic heterocycles. The van der Waals surface area contributed by atoms with Crippen molar-refractivity contribution in [2.45, 2.75) is 20.0 Å². The number of nitrogens with one attached hydrogen (secondary N) is 1. The smallest absolute Gasteiger partial charge is 0.269 e. The number of aryl methyl sites for hydroxylation is 1. The number of methoxy groups -OCH3 is 1. The number of nitriles is 1. The lowest BCUT2D eigenvalue weighted by atomic mass is 10.0. The van der Waals surface area contributed by atoms with Gasteiger partial charge in [0.2, 0.25) is 0 Å². The Balaban J connectivity index is 1.87. The third kappa shape index (κ3) is 6.58. The van der Waals surface area contributed by atoms with Crippen LogP contribution in [0.5, 0.6) is 11.5 Å². The van der Waals surface area contributed by atoms with Crippen LogP contribution >= 0.6 is 0 Å². The molecule has 0 saturated carbocycles. The summed E-state index contributed by atoms with van der Waals surface area (Å²) < 4.78 is 11.5. The fraction of sp³-hybridized carbons (Fsp3) is 0.143. The van der Waals surface area contributed by atoms with E-state index in [-0.39, 0.29) is 17.9 Å². The molecule has 0 bridgehead atoms. The number of hydrogen-bond donors (Lipinski definition) is 1. The molecule has 0 aliphatic carbocycles. The Hall–Kier alpha value is -4.90. The predicted molar refractivity (Wildman–Crippen MR) is 138 cm³/mol. The summed E-state index contributed by atoms with van der Waals surface area (Å²) in [6.45, 7) is 5.90. The van der Waals surface area contributed by atoms with E-state index in [1.807, 2.05) is 25.1 Å². The average Bonchev–Trinajstić information content (AvgIpc) is 2.88. The molecule has 3 aromatic rings. The van der Waals surface area contributed by atoms with Crippen LogP contribution in [0.1, 0.15) is 22.3 Å². The second-order valence-electron chi connectivity index (χ2n) is 7.91. The van der Waals surface area contributed by atoms with Gasteiger partial charge in [-0.15, -0.1) is 6.58 Å². The van der Waals surface area contributed by atoms with Gasteiger partial charge in [-0.3, -0.25) is 14.9 Å². The van der Waals surface area contributed by atoms with Crippen LogP contribution in [-0.2, 0) is 17.8 Å². The number of nitro benzene ring substituents is 1. The highest BCUT2D eigenvalue weighted by molar-refractivity contribution is 6.09. The summed E-state index contributed by atoms with van der Waals surface area (Å²) in [6.07, 6.45) is 3.64. The topological polar surface area (TPSA) is 114 Å². The third-order valence-corrected chi connectivity index (χ3v) is 5.25. The van der Waals surface area contributed by atoms with Gasteiger partial charge in [0.1, 0.15) is 18.2 Å². The maximum Gasteiger partial charge on any atom is 0.269 e. The van der Waals surface area contributed by atoms with E-state index < -0.39 is 10.8 Å². The van der Waals surface area contributed by atoms with E-state index in [1.54, 1.807) is 42.5 Å². The second kappa shape index (κ2) is 12.0. The van der Waals surface area contributed by atoms with Crippen molar-refractivity contribution in [3.8, 4) is 17.6 Å². The van der Waals surface area contributed by atoms with Crippen LogP contribution < -0.4 is 14.8 Å². The molecule has 0 atom stereocenters. The zero-order chi connectivity index (χ0) is 26.1. The zero-order valence-electron chi connectivity index (χ0n) is 20.0. The molecule has 36 heavy (non-hydrogen) atoms. The minimum Gasteiger partial charge on any atom is -0.493 e. The van der Waals surface area contributed by atoms with E-state index >= 15 is 0 Å². The molecule has 0 radical (unpaired) electrons. The SMILES string of the molecule is C=CCc1cc(/C=C(/C#N)C(=O)Nc2ccc(C)cc2)cc(OC)c1OCc1ccc([N+](=O)[O-])cc1. The van der Waals surface area contributed by atoms with Gasteiger partial charge >= 0.3 is 0 Å². The van der Waals surface area contributed by atoms with Gasteiger partial charge in [0.05, 0.1) is 12.0 Å². The van der Waals surface area contributed by atoms with Gasteiger partial charge < -0.3 is 14.8 Å². The van der Waals surface area contributed by atoms with Gasteiger partial charge in [0.25, 0.3) is 11.6 Å². The van der Waals surface area contributed by atoms with Crippen LogP contribution in [0.2, 0.25) is 0 Å². The molecular weight excluding hydrogens is 458 g/mol. The van der Waals surface area contributed by atoms with E-state index in [2.05, 4.69) is 11.9 Å². The molecule has 0 saturated heterocycles. The van der Waals surface area contributed by atoms with Crippen molar-refractivity contribution < 1.29 is 19.2 Å². The summed E-state index contributed by atoms with van der Waals surface area (Å²) >= 11 is 0. The Morgan fingerprint density at radius 3 is 2.44 bits per heavy atom. The summed E-state index contributed by atoms with van der Waals surface area (Å²) in [6, 6.07) is 18.8. The quantitative estimate of drug-likeness (QED) is 0.129. The molecular formula is C28H25N3O5. The largest absolute Gasteiger partial charge is 0.493 e. The molecule has 0 aliphatic heterocycles. The molecule has 1 amide bonds. The van der Waals surface area contributed by atoms with Crippen molar-refractivity contribution >= 4 is 23.4 Å². The van der Waals surface area contributed by atoms with E-state index in [1.165, 1.54) is 25.3 Å². The Kier molecular flexibility index (Phi) is 8.57. The first-order chi connectivity index (χ1) is 17.3. The number of amides is 1. The van der Waals surface area contributed by atoms with Gasteiger partial charge in [-0.2, -0.15) is 5.26 Å². The van der Waals surface area contributed by atoms with Crippen molar-refractivity contribution in [1.82, 2.24) is 0 Å². The van der Waals surface area contributed by atoms with E-state index in [9.17, 15) is 20.2 Å². The predicted octanol–water partition coefficient (Wildman–Crippen LogP) is 5.77. The first-order valence-corrected chi connectivity index (χ1v) is 11.0. The van der Waals surface area contributed by atoms with Crippen molar-refractivity contribution in [2.24, 2.45) is 0 Å². The highest BCUT2D eigenvalue weighted by Gasteiger charge is 2.15. The number of carbonyl (C=O) groups is 1. The lowest BCUT2D eigenvalue weighted by Gasteiger charge is -2.16. The molecule has 0 aliphatic rings. The Bertz CT molecular complexity index is 1340. The number of nitrogens with zero attached hydrogens (tertiary/aromatic N) is 2. The second-order valence-corrected chi connectivity index (χ2v) is 7.91. The number of benzene rings is 3. The molecule has 8 nitrogen and oxygen atoms in total. The highest BCUT2D eigenvalue weighted by Crippen LogP contribution is 2.35. The minimum absolute atomic E-state index is 0.000436. The number of nitro groups is 1. The van der Waals surface area contributed by atoms with Crippen LogP contribution in [-0.4, -0.2) is 17.9 Å². The van der Waals surface area contributed by atoms with Crippen molar-refractivity contribution in [3.05, 3.63) is 111 Å². The number of hydrogen-bond acceptors (Lipinski definition) is 6. The summed E-state index contributed by atoms with van der Waals surface area (Å²) in [5.41, 5.74) is 3.65. The van der Waals surface area contributed by atoms with Gasteiger partial charge in [0.15, 0.2) is 11.5 Å². The van der Waals surface area contributed by atoms with E-state index in [0.29, 0.717) is 29.2 Å². The number of carbonyl (C=O) groups excluding carboxylic acids is 1. The number of ether oxygens (including phenoxy) is 2. The molecule has 0 unspecified atom stereocenters. The van der Waals surface area contributed by atoms with Crippen LogP contribution in [0.3, 0.4) is 0 Å². The van der Waals surface area contributed by atoms with Gasteiger partial charge in [-0.1, -0.05) is 23.8 Å². The van der Waals surface area contributed by atoms with Gasteiger partial charge in [0, 0.05) is 23.4 Å². The van der Waals surface area contributed by atoms with Crippen LogP contribution in [0.25, 0.3) is 6.08 Å². The fourth-order valence-corrected chi connectivity index (χ4v) is 3.41. The Morgan fingerprint density at radius 2 is 1.86 bits per heavy atom. The zero-order valence-corrected chi connectivity index (χ0v) is 20.0. The highest BCUT2D eigenvalue weighted by atomic mass is 16.6. The van der Waals surface area contributed by atoms with Crippen molar-refractivity contribution in [1.29, 1.82) is 5.26 Å². The van der Waals surface area contributed by atoms with Crippen molar-refractivity contribution in [2.75, 3.05) is 12.4 Å². The minimum atomic E-state index is -0.524. The Morgan fingerprint density at radius 1 is 1.17 bits per heavy atom. The summed E-state index contributed by atoms with van der Waals surface area (Å²) in [5.74, 6) is 0.373. The number of allylic oxidation sites excluding steroid dienone is 1. The normalized spacial score (nSPS) is 10.8. The molecule has 182 valence electrons. The standard InChI is InChI=1S/C28H25N3O5/c1-4-5-22-14-21(15-23(17-29)28(32)30-24-10-6-19(2)7-11-24)16-26(35-3)27(22)36-18-20-8-12-25(13-9-20)31(33)34/h4,6-16H,1,5,18H2,2-3H3,(H,30,32)/b23-15-. The van der Waals surface area contributed by atoms with Crippen LogP contribution in [0.4, 0.5) is 11.4 Å². The lowest BCUT2D eigenvalue weighted by Crippen LogP contribution is -2.13. The summed E-state index contributed by atoms with van der Waals surface area (Å²) in [4.78, 5) is 23.1. The van der Waals surface area contributed by atoms with Crippen LogP contribution in [0.15, 0.2) is 78.9 Å². The number of rotatable bonds is 10. The first-order valence-electron chi connectivity index (χ1n) is 11.0. The lowest BCUT2D eigenvalue weighted by molar-refractivity contribution is -0.384. The van der Waals surface area contributed by atoms with Gasteiger partial charge in [-0.25, -0.2) is 0 Å². The maximum absolute atomic E-state index is 12.7. The fourth-order valence-electron chi connectivity index (χ4n) is 3.41.